The third-order valence-corrected chi connectivity index (χ3v) is 3.99. The largest absolute Gasteiger partial charge is 0.398 e. The first kappa shape index (κ1) is 12.9. The summed E-state index contributed by atoms with van der Waals surface area (Å²) in [6, 6.07) is 10.6. The van der Waals surface area contributed by atoms with E-state index in [9.17, 15) is 4.79 Å². The van der Waals surface area contributed by atoms with E-state index in [1.54, 1.807) is 24.3 Å². The van der Waals surface area contributed by atoms with Gasteiger partial charge in [-0.1, -0.05) is 23.7 Å². The Morgan fingerprint density at radius 1 is 1.33 bits per heavy atom. The first-order chi connectivity index (χ1) is 8.58. The second kappa shape index (κ2) is 5.42. The highest BCUT2D eigenvalue weighted by atomic mass is 35.5. The molecule has 1 aromatic heterocycles. The van der Waals surface area contributed by atoms with Crippen LogP contribution in [0.2, 0.25) is 4.34 Å². The minimum absolute atomic E-state index is 0.0883. The summed E-state index contributed by atoms with van der Waals surface area (Å²) in [4.78, 5) is 13.1. The summed E-state index contributed by atoms with van der Waals surface area (Å²) in [5.41, 5.74) is 6.73. The lowest BCUT2D eigenvalue weighted by Crippen LogP contribution is -2.26. The molecule has 0 spiro atoms. The molecule has 0 aliphatic heterocycles. The highest BCUT2D eigenvalue weighted by Gasteiger charge is 2.14. The van der Waals surface area contributed by atoms with E-state index < -0.39 is 0 Å². The van der Waals surface area contributed by atoms with Crippen LogP contribution in [-0.2, 0) is 0 Å². The van der Waals surface area contributed by atoms with Gasteiger partial charge in [0, 0.05) is 10.6 Å². The van der Waals surface area contributed by atoms with Crippen molar-refractivity contribution in [1.29, 1.82) is 0 Å². The van der Waals surface area contributed by atoms with Crippen LogP contribution < -0.4 is 11.1 Å². The van der Waals surface area contributed by atoms with Gasteiger partial charge in [-0.2, -0.15) is 0 Å². The molecule has 0 saturated heterocycles. The fourth-order valence-corrected chi connectivity index (χ4v) is 2.67. The van der Waals surface area contributed by atoms with Crippen LogP contribution in [0.4, 0.5) is 5.69 Å². The van der Waals surface area contributed by atoms with E-state index in [1.165, 1.54) is 11.3 Å². The zero-order valence-corrected chi connectivity index (χ0v) is 11.4. The number of anilines is 1. The number of rotatable bonds is 3. The lowest BCUT2D eigenvalue weighted by atomic mass is 10.1. The van der Waals surface area contributed by atoms with Gasteiger partial charge in [0.1, 0.15) is 0 Å². The van der Waals surface area contributed by atoms with E-state index in [0.29, 0.717) is 15.6 Å². The molecule has 0 fully saturated rings. The highest BCUT2D eigenvalue weighted by Crippen LogP contribution is 2.27. The van der Waals surface area contributed by atoms with Crippen molar-refractivity contribution in [3.05, 3.63) is 51.2 Å². The number of carbonyl (C=O) groups excluding carboxylic acids is 1. The summed E-state index contributed by atoms with van der Waals surface area (Å²) in [6.07, 6.45) is 0. The van der Waals surface area contributed by atoms with Gasteiger partial charge in [-0.25, -0.2) is 0 Å². The monoisotopic (exact) mass is 280 g/mol. The molecular weight excluding hydrogens is 268 g/mol. The summed E-state index contributed by atoms with van der Waals surface area (Å²) in [7, 11) is 0. The minimum Gasteiger partial charge on any atom is -0.398 e. The second-order valence-electron chi connectivity index (χ2n) is 3.92. The Hall–Kier alpha value is -1.52. The normalized spacial score (nSPS) is 12.1. The third-order valence-electron chi connectivity index (χ3n) is 2.57. The zero-order valence-electron chi connectivity index (χ0n) is 9.81. The number of halogens is 1. The molecule has 0 bridgehead atoms. The molecule has 5 heteroatoms. The molecule has 0 saturated carbocycles. The predicted octanol–water partition coefficient (Wildman–Crippen LogP) is 3.47. The smallest absolute Gasteiger partial charge is 0.253 e. The summed E-state index contributed by atoms with van der Waals surface area (Å²) in [5, 5.41) is 2.90. The summed E-state index contributed by atoms with van der Waals surface area (Å²) >= 11 is 7.33. The topological polar surface area (TPSA) is 55.1 Å². The van der Waals surface area contributed by atoms with Crippen LogP contribution in [0.5, 0.6) is 0 Å². The summed E-state index contributed by atoms with van der Waals surface area (Å²) < 4.78 is 0.713. The molecule has 1 aromatic carbocycles. The molecule has 94 valence electrons. The van der Waals surface area contributed by atoms with E-state index in [2.05, 4.69) is 5.32 Å². The standard InChI is InChI=1S/C13H13ClN2OS/c1-8(11-6-7-12(14)18-11)16-13(17)9-4-2-3-5-10(9)15/h2-8H,15H2,1H3,(H,16,17). The molecule has 0 radical (unpaired) electrons. The molecule has 3 N–H and O–H groups in total. The lowest BCUT2D eigenvalue weighted by molar-refractivity contribution is 0.0941. The molecule has 0 aliphatic rings. The fraction of sp³-hybridized carbons (Fsp3) is 0.154. The van der Waals surface area contributed by atoms with Crippen molar-refractivity contribution in [1.82, 2.24) is 5.32 Å². The van der Waals surface area contributed by atoms with Crippen molar-refractivity contribution in [3.8, 4) is 0 Å². The molecule has 1 heterocycles. The molecular formula is C13H13ClN2OS. The maximum Gasteiger partial charge on any atom is 0.253 e. The van der Waals surface area contributed by atoms with Gasteiger partial charge in [0.25, 0.3) is 5.91 Å². The van der Waals surface area contributed by atoms with Crippen LogP contribution in [0.3, 0.4) is 0 Å². The Bertz CT molecular complexity index is 568. The van der Waals surface area contributed by atoms with Gasteiger partial charge < -0.3 is 11.1 Å². The Kier molecular flexibility index (Phi) is 3.89. The van der Waals surface area contributed by atoms with E-state index in [-0.39, 0.29) is 11.9 Å². The van der Waals surface area contributed by atoms with Crippen LogP contribution >= 0.6 is 22.9 Å². The van der Waals surface area contributed by atoms with Gasteiger partial charge in [0.2, 0.25) is 0 Å². The molecule has 3 nitrogen and oxygen atoms in total. The van der Waals surface area contributed by atoms with Gasteiger partial charge in [0.15, 0.2) is 0 Å². The average molecular weight is 281 g/mol. The number of benzene rings is 1. The van der Waals surface area contributed by atoms with Gasteiger partial charge in [-0.15, -0.1) is 11.3 Å². The number of amides is 1. The molecule has 2 aromatic rings. The highest BCUT2D eigenvalue weighted by molar-refractivity contribution is 7.16. The predicted molar refractivity (Wildman–Crippen MR) is 76.1 cm³/mol. The van der Waals surface area contributed by atoms with Crippen LogP contribution in [-0.4, -0.2) is 5.91 Å². The molecule has 1 amide bonds. The first-order valence-electron chi connectivity index (χ1n) is 5.48. The van der Waals surface area contributed by atoms with Crippen molar-refractivity contribution < 1.29 is 4.79 Å². The number of hydrogen-bond acceptors (Lipinski definition) is 3. The molecule has 0 aliphatic carbocycles. The number of carbonyl (C=O) groups is 1. The number of nitrogens with one attached hydrogen (secondary N) is 1. The van der Waals surface area contributed by atoms with Crippen LogP contribution in [0.15, 0.2) is 36.4 Å². The van der Waals surface area contributed by atoms with Crippen molar-refractivity contribution in [2.75, 3.05) is 5.73 Å². The Balaban J connectivity index is 2.10. The molecule has 1 atom stereocenters. The number of thiophene rings is 1. The Morgan fingerprint density at radius 2 is 2.06 bits per heavy atom. The van der Waals surface area contributed by atoms with Crippen LogP contribution in [0.1, 0.15) is 28.2 Å². The summed E-state index contributed by atoms with van der Waals surface area (Å²) in [5.74, 6) is -0.176. The number of hydrogen-bond donors (Lipinski definition) is 2. The fourth-order valence-electron chi connectivity index (χ4n) is 1.61. The number of nitrogen functional groups attached to an aromatic ring is 1. The lowest BCUT2D eigenvalue weighted by Gasteiger charge is -2.13. The van der Waals surface area contributed by atoms with Crippen molar-refractivity contribution in [2.45, 2.75) is 13.0 Å². The van der Waals surface area contributed by atoms with Crippen LogP contribution in [0, 0.1) is 0 Å². The third kappa shape index (κ3) is 2.83. The SMILES string of the molecule is CC(NC(=O)c1ccccc1N)c1ccc(Cl)s1. The maximum atomic E-state index is 12.0. The van der Waals surface area contributed by atoms with Crippen molar-refractivity contribution in [2.24, 2.45) is 0 Å². The quantitative estimate of drug-likeness (QED) is 0.846. The van der Waals surface area contributed by atoms with Gasteiger partial charge in [-0.05, 0) is 31.2 Å². The van der Waals surface area contributed by atoms with E-state index in [4.69, 9.17) is 17.3 Å². The van der Waals surface area contributed by atoms with E-state index >= 15 is 0 Å². The summed E-state index contributed by atoms with van der Waals surface area (Å²) in [6.45, 7) is 1.92. The molecule has 1 unspecified atom stereocenters. The van der Waals surface area contributed by atoms with Gasteiger partial charge in [0.05, 0.1) is 15.9 Å². The number of para-hydroxylation sites is 1. The second-order valence-corrected chi connectivity index (χ2v) is 5.67. The minimum atomic E-state index is -0.176. The van der Waals surface area contributed by atoms with Gasteiger partial charge in [-0.3, -0.25) is 4.79 Å². The van der Waals surface area contributed by atoms with E-state index in [1.807, 2.05) is 19.1 Å². The van der Waals surface area contributed by atoms with Gasteiger partial charge >= 0.3 is 0 Å². The molecule has 18 heavy (non-hydrogen) atoms. The first-order valence-corrected chi connectivity index (χ1v) is 6.68. The van der Waals surface area contributed by atoms with E-state index in [0.717, 1.165) is 4.88 Å². The maximum absolute atomic E-state index is 12.0. The molecule has 2 rings (SSSR count). The van der Waals surface area contributed by atoms with Crippen LogP contribution in [0.25, 0.3) is 0 Å². The average Bonchev–Trinajstić information content (AvgIpc) is 2.76. The zero-order chi connectivity index (χ0) is 13.1. The van der Waals surface area contributed by atoms with Crippen molar-refractivity contribution in [3.63, 3.8) is 0 Å². The Morgan fingerprint density at radius 3 is 2.67 bits per heavy atom. The van der Waals surface area contributed by atoms with Crippen molar-refractivity contribution >= 4 is 34.5 Å². The Labute approximate surface area is 115 Å². The number of nitrogens with two attached hydrogens (primary N) is 1.